The summed E-state index contributed by atoms with van der Waals surface area (Å²) in [6, 6.07) is 0.390. The summed E-state index contributed by atoms with van der Waals surface area (Å²) in [5.41, 5.74) is 0. The molecule has 1 aliphatic carbocycles. The Balaban J connectivity index is 2.38. The first-order valence-electron chi connectivity index (χ1n) is 6.06. The lowest BCUT2D eigenvalue weighted by molar-refractivity contribution is -0.126. The second kappa shape index (κ2) is 6.83. The van der Waals surface area contributed by atoms with Crippen LogP contribution in [0.4, 0.5) is 0 Å². The smallest absolute Gasteiger partial charge is 0.246 e. The summed E-state index contributed by atoms with van der Waals surface area (Å²) < 4.78 is 4.83. The fraction of sp³-hybridized carbons (Fsp3) is 0.917. The van der Waals surface area contributed by atoms with E-state index >= 15 is 0 Å². The van der Waals surface area contributed by atoms with Crippen LogP contribution in [-0.4, -0.2) is 25.7 Å². The number of hydrogen-bond donors (Lipinski definition) is 1. The van der Waals surface area contributed by atoms with Gasteiger partial charge in [0.1, 0.15) is 6.61 Å². The van der Waals surface area contributed by atoms with E-state index in [4.69, 9.17) is 4.74 Å². The van der Waals surface area contributed by atoms with Crippen molar-refractivity contribution in [1.82, 2.24) is 5.32 Å². The lowest BCUT2D eigenvalue weighted by Crippen LogP contribution is -2.43. The van der Waals surface area contributed by atoms with Crippen LogP contribution in [0.15, 0.2) is 0 Å². The number of nitrogens with one attached hydrogen (secondary N) is 1. The lowest BCUT2D eigenvalue weighted by Gasteiger charge is -2.32. The van der Waals surface area contributed by atoms with Gasteiger partial charge >= 0.3 is 0 Å². The summed E-state index contributed by atoms with van der Waals surface area (Å²) >= 11 is 0. The van der Waals surface area contributed by atoms with E-state index in [2.05, 4.69) is 12.2 Å². The predicted octanol–water partition coefficient (Wildman–Crippen LogP) is 2.11. The molecule has 0 spiro atoms. The zero-order valence-electron chi connectivity index (χ0n) is 9.92. The van der Waals surface area contributed by atoms with Crippen molar-refractivity contribution in [3.63, 3.8) is 0 Å². The van der Waals surface area contributed by atoms with Gasteiger partial charge in [-0.1, -0.05) is 26.2 Å². The minimum atomic E-state index is 0.0329. The molecule has 1 aliphatic rings. The largest absolute Gasteiger partial charge is 0.375 e. The minimum Gasteiger partial charge on any atom is -0.375 e. The highest BCUT2D eigenvalue weighted by Crippen LogP contribution is 2.27. The van der Waals surface area contributed by atoms with E-state index in [9.17, 15) is 4.79 Å². The van der Waals surface area contributed by atoms with Gasteiger partial charge in [-0.25, -0.2) is 0 Å². The van der Waals surface area contributed by atoms with Gasteiger partial charge in [-0.2, -0.15) is 0 Å². The van der Waals surface area contributed by atoms with Crippen molar-refractivity contribution >= 4 is 5.91 Å². The Bertz CT molecular complexity index is 192. The van der Waals surface area contributed by atoms with Crippen LogP contribution >= 0.6 is 0 Å². The summed E-state index contributed by atoms with van der Waals surface area (Å²) in [5.74, 6) is 0.718. The summed E-state index contributed by atoms with van der Waals surface area (Å²) in [6.45, 7) is 2.40. The molecule has 0 aromatic rings. The Hall–Kier alpha value is -0.570. The lowest BCUT2D eigenvalue weighted by atomic mass is 9.82. The summed E-state index contributed by atoms with van der Waals surface area (Å²) in [5, 5.41) is 3.09. The third-order valence-electron chi connectivity index (χ3n) is 3.19. The first-order chi connectivity index (χ1) is 7.27. The molecule has 1 saturated carbocycles. The monoisotopic (exact) mass is 213 g/mol. The van der Waals surface area contributed by atoms with Gasteiger partial charge in [0.15, 0.2) is 0 Å². The van der Waals surface area contributed by atoms with Crippen LogP contribution in [0.25, 0.3) is 0 Å². The van der Waals surface area contributed by atoms with Gasteiger partial charge in [0, 0.05) is 13.2 Å². The molecular formula is C12H23NO2. The number of methoxy groups -OCH3 is 1. The van der Waals surface area contributed by atoms with Gasteiger partial charge in [-0.15, -0.1) is 0 Å². The molecule has 3 heteroatoms. The standard InChI is InChI=1S/C12H23NO2/c1-3-6-10-7-4-5-8-11(10)13-12(14)9-15-2/h10-11H,3-9H2,1-2H3,(H,13,14). The highest BCUT2D eigenvalue weighted by Gasteiger charge is 2.25. The SMILES string of the molecule is CCCC1CCCCC1NC(=O)COC. The van der Waals surface area contributed by atoms with Gasteiger partial charge in [0.25, 0.3) is 0 Å². The Morgan fingerprint density at radius 1 is 1.40 bits per heavy atom. The Kier molecular flexibility index (Phi) is 5.69. The summed E-state index contributed by atoms with van der Waals surface area (Å²) in [7, 11) is 1.56. The van der Waals surface area contributed by atoms with Gasteiger partial charge in [0.2, 0.25) is 5.91 Å². The molecule has 1 fully saturated rings. The number of hydrogen-bond acceptors (Lipinski definition) is 2. The molecule has 0 saturated heterocycles. The van der Waals surface area contributed by atoms with Crippen molar-refractivity contribution in [3.05, 3.63) is 0 Å². The Morgan fingerprint density at radius 3 is 2.80 bits per heavy atom. The topological polar surface area (TPSA) is 38.3 Å². The van der Waals surface area contributed by atoms with Crippen LogP contribution < -0.4 is 5.32 Å². The highest BCUT2D eigenvalue weighted by atomic mass is 16.5. The molecule has 0 aromatic carbocycles. The fourth-order valence-electron chi connectivity index (χ4n) is 2.49. The first kappa shape index (κ1) is 12.5. The number of amides is 1. The second-order valence-electron chi connectivity index (χ2n) is 4.44. The molecule has 0 aliphatic heterocycles. The molecule has 1 rings (SSSR count). The number of rotatable bonds is 5. The second-order valence-corrected chi connectivity index (χ2v) is 4.44. The maximum absolute atomic E-state index is 11.4. The van der Waals surface area contributed by atoms with E-state index in [0.29, 0.717) is 12.0 Å². The van der Waals surface area contributed by atoms with Crippen molar-refractivity contribution in [3.8, 4) is 0 Å². The predicted molar refractivity (Wildman–Crippen MR) is 60.7 cm³/mol. The van der Waals surface area contributed by atoms with E-state index in [1.54, 1.807) is 7.11 Å². The number of ether oxygens (including phenoxy) is 1. The van der Waals surface area contributed by atoms with Crippen molar-refractivity contribution in [2.24, 2.45) is 5.92 Å². The number of carbonyl (C=O) groups is 1. The molecule has 0 heterocycles. The van der Waals surface area contributed by atoms with Crippen LogP contribution in [-0.2, 0) is 9.53 Å². The van der Waals surface area contributed by atoms with Crippen LogP contribution in [0.2, 0.25) is 0 Å². The third-order valence-corrected chi connectivity index (χ3v) is 3.19. The van der Waals surface area contributed by atoms with E-state index < -0.39 is 0 Å². The maximum atomic E-state index is 11.4. The summed E-state index contributed by atoms with van der Waals surface area (Å²) in [6.07, 6.45) is 7.42. The van der Waals surface area contributed by atoms with E-state index in [-0.39, 0.29) is 12.5 Å². The quantitative estimate of drug-likeness (QED) is 0.759. The molecule has 0 bridgehead atoms. The fourth-order valence-corrected chi connectivity index (χ4v) is 2.49. The van der Waals surface area contributed by atoms with Crippen molar-refractivity contribution in [1.29, 1.82) is 0 Å². The molecule has 0 aromatic heterocycles. The maximum Gasteiger partial charge on any atom is 0.246 e. The van der Waals surface area contributed by atoms with E-state index in [1.807, 2.05) is 0 Å². The molecule has 1 amide bonds. The molecular weight excluding hydrogens is 190 g/mol. The highest BCUT2D eigenvalue weighted by molar-refractivity contribution is 5.77. The van der Waals surface area contributed by atoms with Gasteiger partial charge in [-0.05, 0) is 25.2 Å². The molecule has 1 N–H and O–H groups in total. The number of carbonyl (C=O) groups excluding carboxylic acids is 1. The van der Waals surface area contributed by atoms with E-state index in [1.165, 1.54) is 32.1 Å². The third kappa shape index (κ3) is 4.20. The van der Waals surface area contributed by atoms with Gasteiger partial charge < -0.3 is 10.1 Å². The van der Waals surface area contributed by atoms with Crippen LogP contribution in [0.1, 0.15) is 45.4 Å². The molecule has 3 nitrogen and oxygen atoms in total. The van der Waals surface area contributed by atoms with Crippen molar-refractivity contribution in [2.45, 2.75) is 51.5 Å². The first-order valence-corrected chi connectivity index (χ1v) is 6.06. The van der Waals surface area contributed by atoms with Gasteiger partial charge in [0.05, 0.1) is 0 Å². The van der Waals surface area contributed by atoms with Crippen molar-refractivity contribution < 1.29 is 9.53 Å². The molecule has 0 radical (unpaired) electrons. The van der Waals surface area contributed by atoms with Crippen LogP contribution in [0, 0.1) is 5.92 Å². The molecule has 15 heavy (non-hydrogen) atoms. The zero-order chi connectivity index (χ0) is 11.1. The Morgan fingerprint density at radius 2 is 2.13 bits per heavy atom. The van der Waals surface area contributed by atoms with Gasteiger partial charge in [-0.3, -0.25) is 4.79 Å². The van der Waals surface area contributed by atoms with Crippen molar-refractivity contribution in [2.75, 3.05) is 13.7 Å². The summed E-state index contributed by atoms with van der Waals surface area (Å²) in [4.78, 5) is 11.4. The van der Waals surface area contributed by atoms with E-state index in [0.717, 1.165) is 6.42 Å². The van der Waals surface area contributed by atoms with Crippen LogP contribution in [0.5, 0.6) is 0 Å². The molecule has 2 atom stereocenters. The minimum absolute atomic E-state index is 0.0329. The Labute approximate surface area is 92.6 Å². The van der Waals surface area contributed by atoms with Crippen LogP contribution in [0.3, 0.4) is 0 Å². The zero-order valence-corrected chi connectivity index (χ0v) is 9.92. The average Bonchev–Trinajstić information content (AvgIpc) is 2.21. The normalized spacial score (nSPS) is 26.3. The average molecular weight is 213 g/mol. The molecule has 88 valence electrons. The molecule has 2 unspecified atom stereocenters.